The van der Waals surface area contributed by atoms with Crippen molar-refractivity contribution in [2.24, 2.45) is 0 Å². The summed E-state index contributed by atoms with van der Waals surface area (Å²) in [6, 6.07) is 3.86. The Balaban J connectivity index is 1.46. The second kappa shape index (κ2) is 9.34. The molecule has 1 aromatic heterocycles. The first-order chi connectivity index (χ1) is 15.8. The summed E-state index contributed by atoms with van der Waals surface area (Å²) in [4.78, 5) is 23.8. The third kappa shape index (κ3) is 4.92. The van der Waals surface area contributed by atoms with E-state index in [-0.39, 0.29) is 29.4 Å². The summed E-state index contributed by atoms with van der Waals surface area (Å²) in [5, 5.41) is 0. The van der Waals surface area contributed by atoms with Gasteiger partial charge in [-0.05, 0) is 24.6 Å². The molecule has 4 rings (SSSR count). The number of hydrogen-bond acceptors (Lipinski definition) is 8. The van der Waals surface area contributed by atoms with Crippen LogP contribution in [0.4, 0.5) is 20.7 Å². The smallest absolute Gasteiger partial charge is 0.410 e. The number of nitrogens with zero attached hydrogens (tertiary/aromatic N) is 4. The SMILES string of the molecule is C=CCOC(=O)N1CCC(Oc2ncnc3c2CCN3c2ccc(S(C)(=O)=O)cc2F)CC1. The minimum Gasteiger partial charge on any atom is -0.474 e. The molecule has 0 atom stereocenters. The zero-order valence-corrected chi connectivity index (χ0v) is 19.1. The van der Waals surface area contributed by atoms with Crippen molar-refractivity contribution in [3.63, 3.8) is 0 Å². The van der Waals surface area contributed by atoms with E-state index in [0.717, 1.165) is 17.9 Å². The first-order valence-corrected chi connectivity index (χ1v) is 12.5. The van der Waals surface area contributed by atoms with Crippen molar-refractivity contribution in [3.8, 4) is 5.88 Å². The quantitative estimate of drug-likeness (QED) is 0.587. The van der Waals surface area contributed by atoms with Crippen LogP contribution >= 0.6 is 0 Å². The lowest BCUT2D eigenvalue weighted by Crippen LogP contribution is -2.42. The average molecular weight is 477 g/mol. The van der Waals surface area contributed by atoms with Crippen LogP contribution < -0.4 is 9.64 Å². The van der Waals surface area contributed by atoms with Gasteiger partial charge in [0.25, 0.3) is 0 Å². The van der Waals surface area contributed by atoms with Crippen molar-refractivity contribution in [1.29, 1.82) is 0 Å². The highest BCUT2D eigenvalue weighted by Gasteiger charge is 2.31. The Morgan fingerprint density at radius 1 is 1.27 bits per heavy atom. The van der Waals surface area contributed by atoms with Crippen LogP contribution in [0.5, 0.6) is 5.88 Å². The minimum atomic E-state index is -3.50. The molecule has 0 N–H and O–H groups in total. The number of ether oxygens (including phenoxy) is 2. The zero-order chi connectivity index (χ0) is 23.6. The summed E-state index contributed by atoms with van der Waals surface area (Å²) in [6.07, 6.45) is 5.28. The third-order valence-electron chi connectivity index (χ3n) is 5.67. The highest BCUT2D eigenvalue weighted by molar-refractivity contribution is 7.90. The van der Waals surface area contributed by atoms with Crippen molar-refractivity contribution < 1.29 is 27.1 Å². The van der Waals surface area contributed by atoms with Crippen molar-refractivity contribution in [1.82, 2.24) is 14.9 Å². The summed E-state index contributed by atoms with van der Waals surface area (Å²) in [6.45, 7) is 5.20. The number of piperidine rings is 1. The van der Waals surface area contributed by atoms with E-state index in [0.29, 0.717) is 50.6 Å². The molecule has 0 unspecified atom stereocenters. The molecular formula is C22H25FN4O5S. The van der Waals surface area contributed by atoms with Gasteiger partial charge in [0.1, 0.15) is 30.7 Å². The number of aromatic nitrogens is 2. The monoisotopic (exact) mass is 476 g/mol. The number of anilines is 2. The molecule has 0 radical (unpaired) electrons. The van der Waals surface area contributed by atoms with Gasteiger partial charge in [0.05, 0.1) is 16.1 Å². The normalized spacial score (nSPS) is 16.4. The van der Waals surface area contributed by atoms with Gasteiger partial charge < -0.3 is 19.3 Å². The van der Waals surface area contributed by atoms with Crippen LogP contribution in [0.2, 0.25) is 0 Å². The number of sulfone groups is 1. The molecular weight excluding hydrogens is 451 g/mol. The maximum absolute atomic E-state index is 14.8. The first kappa shape index (κ1) is 23.0. The maximum Gasteiger partial charge on any atom is 0.410 e. The fourth-order valence-corrected chi connectivity index (χ4v) is 4.61. The van der Waals surface area contributed by atoms with Crippen LogP contribution in [0.3, 0.4) is 0 Å². The molecule has 11 heteroatoms. The molecule has 33 heavy (non-hydrogen) atoms. The van der Waals surface area contributed by atoms with Gasteiger partial charge in [-0.15, -0.1) is 0 Å². The fraction of sp³-hybridized carbons (Fsp3) is 0.409. The van der Waals surface area contributed by atoms with Crippen molar-refractivity contribution >= 4 is 27.4 Å². The summed E-state index contributed by atoms with van der Waals surface area (Å²) < 4.78 is 49.4. The zero-order valence-electron chi connectivity index (χ0n) is 18.2. The maximum atomic E-state index is 14.8. The molecule has 1 fully saturated rings. The van der Waals surface area contributed by atoms with Crippen molar-refractivity contribution in [2.75, 3.05) is 37.4 Å². The van der Waals surface area contributed by atoms with Gasteiger partial charge in [0.2, 0.25) is 5.88 Å². The molecule has 1 aromatic carbocycles. The van der Waals surface area contributed by atoms with Gasteiger partial charge in [-0.25, -0.2) is 27.6 Å². The predicted molar refractivity (Wildman–Crippen MR) is 119 cm³/mol. The van der Waals surface area contributed by atoms with Gasteiger partial charge in [-0.2, -0.15) is 0 Å². The Bertz CT molecular complexity index is 1170. The van der Waals surface area contributed by atoms with E-state index in [1.807, 2.05) is 0 Å². The third-order valence-corrected chi connectivity index (χ3v) is 6.78. The Morgan fingerprint density at radius 3 is 2.70 bits per heavy atom. The second-order valence-electron chi connectivity index (χ2n) is 7.94. The van der Waals surface area contributed by atoms with Crippen LogP contribution in [0.25, 0.3) is 0 Å². The lowest BCUT2D eigenvalue weighted by atomic mass is 10.1. The van der Waals surface area contributed by atoms with Crippen LogP contribution in [0.1, 0.15) is 18.4 Å². The number of halogens is 1. The molecule has 0 aliphatic carbocycles. The van der Waals surface area contributed by atoms with Gasteiger partial charge in [-0.3, -0.25) is 0 Å². The Kier molecular flexibility index (Phi) is 6.50. The molecule has 3 heterocycles. The molecule has 0 spiro atoms. The number of amides is 1. The summed E-state index contributed by atoms with van der Waals surface area (Å²) in [5.74, 6) is 0.349. The Labute approximate surface area is 191 Å². The number of hydrogen-bond donors (Lipinski definition) is 0. The van der Waals surface area contributed by atoms with E-state index in [1.54, 1.807) is 9.80 Å². The minimum absolute atomic E-state index is 0.0744. The number of rotatable bonds is 6. The largest absolute Gasteiger partial charge is 0.474 e. The highest BCUT2D eigenvalue weighted by Crippen LogP contribution is 2.38. The molecule has 176 valence electrons. The highest BCUT2D eigenvalue weighted by atomic mass is 32.2. The summed E-state index contributed by atoms with van der Waals surface area (Å²) >= 11 is 0. The molecule has 9 nitrogen and oxygen atoms in total. The van der Waals surface area contributed by atoms with E-state index in [2.05, 4.69) is 16.5 Å². The number of carbonyl (C=O) groups is 1. The van der Waals surface area contributed by atoms with E-state index < -0.39 is 15.7 Å². The van der Waals surface area contributed by atoms with E-state index in [9.17, 15) is 17.6 Å². The van der Waals surface area contributed by atoms with Crippen molar-refractivity contribution in [2.45, 2.75) is 30.3 Å². The molecule has 2 aliphatic rings. The van der Waals surface area contributed by atoms with E-state index >= 15 is 0 Å². The lowest BCUT2D eigenvalue weighted by Gasteiger charge is -2.31. The molecule has 1 saturated heterocycles. The van der Waals surface area contributed by atoms with Crippen LogP contribution in [0.15, 0.2) is 42.1 Å². The molecule has 2 aromatic rings. The van der Waals surface area contributed by atoms with Gasteiger partial charge >= 0.3 is 6.09 Å². The molecule has 2 aliphatic heterocycles. The molecule has 1 amide bonds. The summed E-state index contributed by atoms with van der Waals surface area (Å²) in [5.41, 5.74) is 1.02. The van der Waals surface area contributed by atoms with Crippen molar-refractivity contribution in [3.05, 3.63) is 48.6 Å². The number of benzene rings is 1. The van der Waals surface area contributed by atoms with Gasteiger partial charge in [0, 0.05) is 38.7 Å². The first-order valence-electron chi connectivity index (χ1n) is 10.6. The Hall–Kier alpha value is -3.21. The second-order valence-corrected chi connectivity index (χ2v) is 9.95. The standard InChI is InChI=1S/C22H25FN4O5S/c1-3-12-31-22(28)26-9-6-15(7-10-26)32-21-17-8-11-27(20(17)24-14-25-21)19-5-4-16(13-18(19)23)33(2,29)30/h3-5,13-15H,1,6-12H2,2H3. The summed E-state index contributed by atoms with van der Waals surface area (Å²) in [7, 11) is -3.50. The fourth-order valence-electron chi connectivity index (χ4n) is 3.98. The number of carbonyl (C=O) groups excluding carboxylic acids is 1. The lowest BCUT2D eigenvalue weighted by molar-refractivity contribution is 0.0711. The topological polar surface area (TPSA) is 102 Å². The van der Waals surface area contributed by atoms with Crippen LogP contribution in [-0.2, 0) is 21.0 Å². The van der Waals surface area contributed by atoms with Gasteiger partial charge in [-0.1, -0.05) is 12.7 Å². The predicted octanol–water partition coefficient (Wildman–Crippen LogP) is 2.88. The average Bonchev–Trinajstić information content (AvgIpc) is 3.22. The number of fused-ring (bicyclic) bond motifs is 1. The molecule has 0 saturated carbocycles. The number of likely N-dealkylation sites (tertiary alicyclic amines) is 1. The Morgan fingerprint density at radius 2 is 2.03 bits per heavy atom. The van der Waals surface area contributed by atoms with Gasteiger partial charge in [0.15, 0.2) is 9.84 Å². The van der Waals surface area contributed by atoms with Crippen LogP contribution in [-0.4, -0.2) is 68.0 Å². The van der Waals surface area contributed by atoms with E-state index in [1.165, 1.54) is 24.5 Å². The molecule has 0 bridgehead atoms. The van der Waals surface area contributed by atoms with E-state index in [4.69, 9.17) is 9.47 Å². The van der Waals surface area contributed by atoms with Crippen LogP contribution in [0, 0.1) is 5.82 Å².